The number of hydrogen-bond donors (Lipinski definition) is 1. The van der Waals surface area contributed by atoms with Crippen molar-refractivity contribution in [3.8, 4) is 0 Å². The van der Waals surface area contributed by atoms with E-state index in [-0.39, 0.29) is 0 Å². The molecule has 1 heterocycles. The molecule has 0 aromatic heterocycles. The largest absolute Gasteiger partial charge is 0.481 e. The first-order chi connectivity index (χ1) is 14.5. The molecule has 1 N–H and O–H groups in total. The molecule has 2 aromatic rings. The molecule has 3 rings (SSSR count). The Balaban J connectivity index is 2.09. The molecular formula is C21H18Cl2F3NO4. The maximum atomic E-state index is 13.0. The quantitative estimate of drug-likeness (QED) is 0.604. The average molecular weight is 476 g/mol. The van der Waals surface area contributed by atoms with Crippen molar-refractivity contribution in [2.75, 3.05) is 6.54 Å². The summed E-state index contributed by atoms with van der Waals surface area (Å²) in [5.41, 5.74) is 1.01. The van der Waals surface area contributed by atoms with Gasteiger partial charge in [0, 0.05) is 16.6 Å². The Morgan fingerprint density at radius 2 is 1.74 bits per heavy atom. The van der Waals surface area contributed by atoms with Crippen LogP contribution < -0.4 is 0 Å². The maximum Gasteiger partial charge on any atom is 0.390 e. The molecule has 0 radical (unpaired) electrons. The van der Waals surface area contributed by atoms with Gasteiger partial charge in [0.1, 0.15) is 12.2 Å². The molecule has 0 spiro atoms. The van der Waals surface area contributed by atoms with Crippen molar-refractivity contribution in [3.05, 3.63) is 69.7 Å². The third-order valence-electron chi connectivity index (χ3n) is 4.88. The first-order valence-electron chi connectivity index (χ1n) is 9.30. The molecule has 3 atom stereocenters. The second-order valence-electron chi connectivity index (χ2n) is 7.09. The van der Waals surface area contributed by atoms with Gasteiger partial charge in [0.2, 0.25) is 0 Å². The van der Waals surface area contributed by atoms with Crippen LogP contribution in [0.5, 0.6) is 0 Å². The van der Waals surface area contributed by atoms with Crippen LogP contribution in [-0.2, 0) is 14.3 Å². The number of alkyl halides is 3. The zero-order chi connectivity index (χ0) is 22.8. The van der Waals surface area contributed by atoms with Crippen LogP contribution in [-0.4, -0.2) is 40.7 Å². The lowest BCUT2D eigenvalue weighted by molar-refractivity contribution is -0.184. The molecule has 1 aliphatic rings. The summed E-state index contributed by atoms with van der Waals surface area (Å²) in [4.78, 5) is 25.3. The van der Waals surface area contributed by atoms with Gasteiger partial charge in [-0.15, -0.1) is 0 Å². The van der Waals surface area contributed by atoms with Crippen LogP contribution >= 0.6 is 23.2 Å². The minimum atomic E-state index is -4.50. The summed E-state index contributed by atoms with van der Waals surface area (Å²) in [6, 6.07) is 11.9. The second kappa shape index (κ2) is 9.46. The predicted molar refractivity (Wildman–Crippen MR) is 108 cm³/mol. The first kappa shape index (κ1) is 23.4. The van der Waals surface area contributed by atoms with E-state index in [1.165, 1.54) is 0 Å². The molecule has 1 saturated heterocycles. The van der Waals surface area contributed by atoms with E-state index >= 15 is 0 Å². The fourth-order valence-corrected chi connectivity index (χ4v) is 3.87. The Kier molecular flexibility index (Phi) is 7.13. The van der Waals surface area contributed by atoms with E-state index in [0.29, 0.717) is 21.2 Å². The monoisotopic (exact) mass is 475 g/mol. The molecule has 31 heavy (non-hydrogen) atoms. The Morgan fingerprint density at radius 1 is 1.06 bits per heavy atom. The van der Waals surface area contributed by atoms with Gasteiger partial charge in [0.25, 0.3) is 5.91 Å². The summed E-state index contributed by atoms with van der Waals surface area (Å²) in [5, 5.41) is 9.96. The lowest BCUT2D eigenvalue weighted by atomic mass is 9.91. The van der Waals surface area contributed by atoms with Gasteiger partial charge < -0.3 is 14.7 Å². The van der Waals surface area contributed by atoms with E-state index in [2.05, 4.69) is 0 Å². The molecule has 1 amide bonds. The van der Waals surface area contributed by atoms with Crippen molar-refractivity contribution in [3.63, 3.8) is 0 Å². The smallest absolute Gasteiger partial charge is 0.390 e. The number of benzene rings is 2. The number of nitrogens with zero attached hydrogens (tertiary/aromatic N) is 1. The number of hydrogen-bond acceptors (Lipinski definition) is 3. The standard InChI is InChI=1S/C21H18Cl2F3NO4/c22-14-6-4-12(5-7-14)18-19(13-2-1-3-15(23)10-13)31-16(11-17(28)29)20(30)27(18)9-8-21(24,25)26/h1-7,10,16,18-19H,8-9,11H2,(H,28,29)/t16-,18+,19+/m0/s1. The molecule has 0 saturated carbocycles. The average Bonchev–Trinajstić information content (AvgIpc) is 2.68. The van der Waals surface area contributed by atoms with Crippen molar-refractivity contribution in [2.24, 2.45) is 0 Å². The zero-order valence-corrected chi connectivity index (χ0v) is 17.5. The highest BCUT2D eigenvalue weighted by Gasteiger charge is 2.45. The van der Waals surface area contributed by atoms with E-state index in [4.69, 9.17) is 27.9 Å². The van der Waals surface area contributed by atoms with E-state index in [9.17, 15) is 27.9 Å². The van der Waals surface area contributed by atoms with Gasteiger partial charge in [-0.2, -0.15) is 13.2 Å². The lowest BCUT2D eigenvalue weighted by Gasteiger charge is -2.44. The van der Waals surface area contributed by atoms with E-state index in [0.717, 1.165) is 4.90 Å². The number of carboxylic acid groups (broad SMARTS) is 1. The van der Waals surface area contributed by atoms with Crippen LogP contribution in [0.2, 0.25) is 10.0 Å². The normalized spacial score (nSPS) is 21.9. The van der Waals surface area contributed by atoms with Crippen LogP contribution in [0.25, 0.3) is 0 Å². The molecule has 0 bridgehead atoms. The molecule has 1 fully saturated rings. The Labute approximate surface area is 186 Å². The highest BCUT2D eigenvalue weighted by Crippen LogP contribution is 2.43. The summed E-state index contributed by atoms with van der Waals surface area (Å²) >= 11 is 12.0. The lowest BCUT2D eigenvalue weighted by Crippen LogP contribution is -2.52. The van der Waals surface area contributed by atoms with Crippen molar-refractivity contribution >= 4 is 35.1 Å². The van der Waals surface area contributed by atoms with Crippen LogP contribution in [0.15, 0.2) is 48.5 Å². The second-order valence-corrected chi connectivity index (χ2v) is 7.96. The summed E-state index contributed by atoms with van der Waals surface area (Å²) < 4.78 is 44.9. The molecule has 5 nitrogen and oxygen atoms in total. The summed E-state index contributed by atoms with van der Waals surface area (Å²) in [6.07, 6.45) is -8.79. The zero-order valence-electron chi connectivity index (χ0n) is 16.0. The van der Waals surface area contributed by atoms with Gasteiger partial charge in [0.15, 0.2) is 0 Å². The predicted octanol–water partition coefficient (Wildman–Crippen LogP) is 5.43. The van der Waals surface area contributed by atoms with E-state index in [1.54, 1.807) is 48.5 Å². The minimum absolute atomic E-state index is 0.365. The maximum absolute atomic E-state index is 13.0. The molecule has 0 unspecified atom stereocenters. The van der Waals surface area contributed by atoms with Crippen LogP contribution in [0, 0.1) is 0 Å². The Hall–Kier alpha value is -2.29. The number of halogens is 5. The van der Waals surface area contributed by atoms with Crippen molar-refractivity contribution in [2.45, 2.75) is 37.3 Å². The van der Waals surface area contributed by atoms with Gasteiger partial charge in [-0.1, -0.05) is 47.5 Å². The number of carboxylic acids is 1. The highest BCUT2D eigenvalue weighted by atomic mass is 35.5. The van der Waals surface area contributed by atoms with Crippen LogP contribution in [0.3, 0.4) is 0 Å². The summed E-state index contributed by atoms with van der Waals surface area (Å²) in [5.74, 6) is -2.12. The van der Waals surface area contributed by atoms with Gasteiger partial charge in [-0.05, 0) is 35.4 Å². The van der Waals surface area contributed by atoms with Crippen molar-refractivity contribution < 1.29 is 32.6 Å². The summed E-state index contributed by atoms with van der Waals surface area (Å²) in [7, 11) is 0. The third kappa shape index (κ3) is 5.90. The molecule has 10 heteroatoms. The Morgan fingerprint density at radius 3 is 2.32 bits per heavy atom. The number of aliphatic carboxylic acids is 1. The van der Waals surface area contributed by atoms with Crippen LogP contribution in [0.4, 0.5) is 13.2 Å². The fourth-order valence-electron chi connectivity index (χ4n) is 3.54. The number of ether oxygens (including phenoxy) is 1. The Bertz CT molecular complexity index is 952. The van der Waals surface area contributed by atoms with Gasteiger partial charge in [-0.3, -0.25) is 9.59 Å². The molecule has 1 aliphatic heterocycles. The molecule has 0 aliphatic carbocycles. The first-order valence-corrected chi connectivity index (χ1v) is 10.1. The highest BCUT2D eigenvalue weighted by molar-refractivity contribution is 6.30. The fraction of sp³-hybridized carbons (Fsp3) is 0.333. The number of morpholine rings is 1. The molecule has 166 valence electrons. The number of carbonyl (C=O) groups is 2. The third-order valence-corrected chi connectivity index (χ3v) is 5.36. The van der Waals surface area contributed by atoms with Crippen molar-refractivity contribution in [1.82, 2.24) is 4.90 Å². The summed E-state index contributed by atoms with van der Waals surface area (Å²) in [6.45, 7) is -0.647. The van der Waals surface area contributed by atoms with Crippen molar-refractivity contribution in [1.29, 1.82) is 0 Å². The topological polar surface area (TPSA) is 66.8 Å². The minimum Gasteiger partial charge on any atom is -0.481 e. The van der Waals surface area contributed by atoms with E-state index in [1.807, 2.05) is 0 Å². The van der Waals surface area contributed by atoms with Gasteiger partial charge >= 0.3 is 12.1 Å². The number of amides is 1. The van der Waals surface area contributed by atoms with E-state index < -0.39 is 55.7 Å². The van der Waals surface area contributed by atoms with Gasteiger partial charge in [0.05, 0.1) is 18.9 Å². The molecule has 2 aromatic carbocycles. The molecular weight excluding hydrogens is 458 g/mol. The SMILES string of the molecule is O=C(O)C[C@@H]1O[C@H](c2cccc(Cl)c2)[C@@H](c2ccc(Cl)cc2)N(CCC(F)(F)F)C1=O. The van der Waals surface area contributed by atoms with Gasteiger partial charge in [-0.25, -0.2) is 0 Å². The number of carbonyl (C=O) groups excluding carboxylic acids is 1. The number of rotatable bonds is 6. The van der Waals surface area contributed by atoms with Crippen LogP contribution in [0.1, 0.15) is 36.1 Å².